The molecule has 38 heavy (non-hydrogen) atoms. The molecule has 4 rings (SSSR count). The van der Waals surface area contributed by atoms with Gasteiger partial charge in [0.1, 0.15) is 35.8 Å². The van der Waals surface area contributed by atoms with Crippen molar-refractivity contribution < 1.29 is 32.8 Å². The minimum atomic E-state index is -3.47. The number of para-hydroxylation sites is 1. The summed E-state index contributed by atoms with van der Waals surface area (Å²) in [7, 11) is 0. The van der Waals surface area contributed by atoms with Crippen LogP contribution in [-0.2, 0) is 30.6 Å². The van der Waals surface area contributed by atoms with Gasteiger partial charge in [0, 0.05) is 0 Å². The number of anilines is 1. The third-order valence-corrected chi connectivity index (χ3v) is 8.36. The number of aliphatic hydroxyl groups is 1. The predicted molar refractivity (Wildman–Crippen MR) is 140 cm³/mol. The number of fused-ring (bicyclic) bond motifs is 1. The first-order valence-corrected chi connectivity index (χ1v) is 14.5. The summed E-state index contributed by atoms with van der Waals surface area (Å²) in [5, 5.41) is 10.8. The number of carbonyl (C=O) groups is 1. The zero-order valence-corrected chi connectivity index (χ0v) is 23.1. The van der Waals surface area contributed by atoms with Gasteiger partial charge >= 0.3 is 12.6 Å². The first kappa shape index (κ1) is 28.6. The third kappa shape index (κ3) is 6.07. The van der Waals surface area contributed by atoms with Gasteiger partial charge in [-0.3, -0.25) is 9.36 Å². The minimum absolute atomic E-state index is 0.0844. The summed E-state index contributed by atoms with van der Waals surface area (Å²) in [6, 6.07) is 7.67. The molecular weight excluding hydrogens is 562 g/mol. The highest BCUT2D eigenvalue weighted by molar-refractivity contribution is 8.09. The lowest BCUT2D eigenvalue weighted by Crippen LogP contribution is -2.40. The first-order chi connectivity index (χ1) is 17.9. The van der Waals surface area contributed by atoms with Crippen molar-refractivity contribution in [2.24, 2.45) is 0 Å². The molecule has 12 nitrogen and oxygen atoms in total. The number of imidazole rings is 1. The summed E-state index contributed by atoms with van der Waals surface area (Å²) < 4.78 is 39.6. The minimum Gasteiger partial charge on any atom is -0.462 e. The van der Waals surface area contributed by atoms with Crippen LogP contribution in [-0.4, -0.2) is 66.7 Å². The maximum absolute atomic E-state index is 15.6. The molecule has 1 aromatic carbocycles. The molecule has 3 heterocycles. The summed E-state index contributed by atoms with van der Waals surface area (Å²) in [6.07, 6.45) is -2.58. The van der Waals surface area contributed by atoms with Crippen LogP contribution >= 0.6 is 18.2 Å². The summed E-state index contributed by atoms with van der Waals surface area (Å²) in [6.45, 7) is 1.07. The van der Waals surface area contributed by atoms with Crippen LogP contribution in [0.25, 0.3) is 11.2 Å². The van der Waals surface area contributed by atoms with Crippen LogP contribution in [0.5, 0.6) is 5.75 Å². The van der Waals surface area contributed by atoms with Crippen LogP contribution in [0, 0.1) is 0 Å². The van der Waals surface area contributed by atoms with Gasteiger partial charge in [-0.05, 0) is 44.7 Å². The molecular formula is C22H27ClFN6O6PS. The Morgan fingerprint density at radius 1 is 1.34 bits per heavy atom. The number of hydrogen-bond donors (Lipinski definition) is 3. The highest BCUT2D eigenvalue weighted by Gasteiger charge is 2.58. The molecule has 206 valence electrons. The van der Waals surface area contributed by atoms with E-state index in [1.54, 1.807) is 51.1 Å². The number of rotatable bonds is 10. The van der Waals surface area contributed by atoms with E-state index in [0.29, 0.717) is 5.75 Å². The maximum Gasteiger partial charge on any atom is 0.323 e. The van der Waals surface area contributed by atoms with Crippen molar-refractivity contribution in [2.75, 3.05) is 12.3 Å². The Morgan fingerprint density at radius 2 is 2.05 bits per heavy atom. The largest absolute Gasteiger partial charge is 0.462 e. The number of halogens is 2. The van der Waals surface area contributed by atoms with Crippen molar-refractivity contribution in [3.63, 3.8) is 0 Å². The number of carbonyl (C=O) groups excluding carboxylic acids is 1. The van der Waals surface area contributed by atoms with Gasteiger partial charge in [0.25, 0.3) is 5.13 Å². The van der Waals surface area contributed by atoms with Crippen LogP contribution < -0.4 is 15.3 Å². The molecule has 1 fully saturated rings. The Bertz CT molecular complexity index is 1330. The molecule has 4 N–H and O–H groups in total. The standard InChI is InChI=1S/C22H27ClFN6O6PS/c1-12(2)34-20(32)13(3)29-37(38,36-14-7-5-4-6-8-14)33-9-15-17(31)22(23,24)21(35-15)30-11-28-16-18(25)26-10-27-19(16)30/h4-8,10-13,15,17,21,31H,9H2,1-3H3,(H,29,38)(H2,25,26,27)/t13-,15-,17-,21-,22-,37?/m1/s1. The Balaban J connectivity index is 1.54. The van der Waals surface area contributed by atoms with Gasteiger partial charge in [0.2, 0.25) is 0 Å². The number of ether oxygens (including phenoxy) is 2. The molecule has 0 amide bonds. The number of benzene rings is 1. The lowest BCUT2D eigenvalue weighted by Gasteiger charge is -2.28. The van der Waals surface area contributed by atoms with E-state index in [2.05, 4.69) is 20.0 Å². The van der Waals surface area contributed by atoms with Gasteiger partial charge in [-0.1, -0.05) is 29.8 Å². The van der Waals surface area contributed by atoms with Gasteiger partial charge in [-0.15, -0.1) is 0 Å². The van der Waals surface area contributed by atoms with Crippen LogP contribution in [0.3, 0.4) is 0 Å². The van der Waals surface area contributed by atoms with E-state index in [-0.39, 0.29) is 23.1 Å². The monoisotopic (exact) mass is 588 g/mol. The molecule has 16 heteroatoms. The fourth-order valence-corrected chi connectivity index (χ4v) is 6.37. The van der Waals surface area contributed by atoms with Crippen LogP contribution in [0.1, 0.15) is 27.0 Å². The van der Waals surface area contributed by atoms with E-state index >= 15 is 4.39 Å². The molecule has 1 saturated heterocycles. The van der Waals surface area contributed by atoms with Crippen LogP contribution in [0.4, 0.5) is 10.2 Å². The van der Waals surface area contributed by atoms with E-state index in [4.69, 9.17) is 47.7 Å². The lowest BCUT2D eigenvalue weighted by atomic mass is 10.1. The SMILES string of the molecule is CC(C)OC(=O)[C@@H](C)NP(=S)(OC[C@H]1O[C@@H](n2cnc3c(N)ncnc32)[C@@](F)(Cl)[C@@H]1O)Oc1ccccc1. The topological polar surface area (TPSA) is 156 Å². The summed E-state index contributed by atoms with van der Waals surface area (Å²) in [5.74, 6) is -0.109. The molecule has 1 unspecified atom stereocenters. The normalized spacial score (nSPS) is 25.8. The summed E-state index contributed by atoms with van der Waals surface area (Å²) in [4.78, 5) is 24.4. The van der Waals surface area contributed by atoms with Crippen molar-refractivity contribution in [1.82, 2.24) is 24.6 Å². The highest BCUT2D eigenvalue weighted by Crippen LogP contribution is 2.49. The number of nitrogen functional groups attached to an aromatic ring is 1. The molecule has 6 atom stereocenters. The Kier molecular flexibility index (Phi) is 8.52. The average molecular weight is 589 g/mol. The Morgan fingerprint density at radius 3 is 2.74 bits per heavy atom. The van der Waals surface area contributed by atoms with Crippen molar-refractivity contribution in [3.8, 4) is 5.75 Å². The van der Waals surface area contributed by atoms with E-state index in [9.17, 15) is 9.90 Å². The molecule has 3 aromatic rings. The zero-order valence-electron chi connectivity index (χ0n) is 20.6. The fraction of sp³-hybridized carbons (Fsp3) is 0.455. The molecule has 1 aliphatic rings. The number of nitrogens with zero attached hydrogens (tertiary/aromatic N) is 4. The fourth-order valence-electron chi connectivity index (χ4n) is 3.65. The van der Waals surface area contributed by atoms with Crippen molar-refractivity contribution in [1.29, 1.82) is 0 Å². The van der Waals surface area contributed by atoms with Gasteiger partial charge in [-0.2, -0.15) is 0 Å². The van der Waals surface area contributed by atoms with Gasteiger partial charge < -0.3 is 29.4 Å². The Hall–Kier alpha value is -2.45. The summed E-state index contributed by atoms with van der Waals surface area (Å²) >= 11 is 11.8. The number of hydrogen-bond acceptors (Lipinski definition) is 11. The molecule has 1 aliphatic heterocycles. The van der Waals surface area contributed by atoms with Crippen LogP contribution in [0.15, 0.2) is 43.0 Å². The molecule has 0 spiro atoms. The van der Waals surface area contributed by atoms with E-state index in [1.165, 1.54) is 17.2 Å². The molecule has 0 bridgehead atoms. The van der Waals surface area contributed by atoms with E-state index < -0.39 is 48.8 Å². The highest BCUT2D eigenvalue weighted by atomic mass is 35.5. The molecule has 0 saturated carbocycles. The number of nitrogens with two attached hydrogens (primary N) is 1. The number of aliphatic hydroxyl groups excluding tert-OH is 1. The van der Waals surface area contributed by atoms with Crippen molar-refractivity contribution in [2.45, 2.75) is 56.5 Å². The Labute approximate surface area is 227 Å². The zero-order chi connectivity index (χ0) is 27.7. The third-order valence-electron chi connectivity index (χ3n) is 5.45. The molecule has 0 aliphatic carbocycles. The first-order valence-electron chi connectivity index (χ1n) is 11.5. The lowest BCUT2D eigenvalue weighted by molar-refractivity contribution is -0.149. The maximum atomic E-state index is 15.6. The second-order valence-corrected chi connectivity index (χ2v) is 12.5. The molecule has 0 radical (unpaired) electrons. The quantitative estimate of drug-likeness (QED) is 0.181. The second-order valence-electron chi connectivity index (χ2n) is 8.76. The number of nitrogens with one attached hydrogen (secondary N) is 1. The van der Waals surface area contributed by atoms with Gasteiger partial charge in [-0.25, -0.2) is 24.4 Å². The number of esters is 1. The van der Waals surface area contributed by atoms with Gasteiger partial charge in [0.05, 0.1) is 19.0 Å². The predicted octanol–water partition coefficient (Wildman–Crippen LogP) is 2.82. The molecule has 2 aromatic heterocycles. The van der Waals surface area contributed by atoms with E-state index in [1.807, 2.05) is 0 Å². The summed E-state index contributed by atoms with van der Waals surface area (Å²) in [5.41, 5.74) is 6.19. The van der Waals surface area contributed by atoms with Gasteiger partial charge in [0.15, 0.2) is 17.7 Å². The van der Waals surface area contributed by atoms with E-state index in [0.717, 1.165) is 0 Å². The van der Waals surface area contributed by atoms with Crippen molar-refractivity contribution >= 4 is 53.0 Å². The van der Waals surface area contributed by atoms with Crippen LogP contribution in [0.2, 0.25) is 0 Å². The smallest absolute Gasteiger partial charge is 0.323 e. The number of aromatic nitrogens is 4. The average Bonchev–Trinajstić information content (AvgIpc) is 3.37. The number of alkyl halides is 2. The second kappa shape index (κ2) is 11.3. The van der Waals surface area contributed by atoms with Crippen molar-refractivity contribution in [3.05, 3.63) is 43.0 Å².